The summed E-state index contributed by atoms with van der Waals surface area (Å²) in [4.78, 5) is 4.29. The third-order valence-electron chi connectivity index (χ3n) is 2.91. The first-order valence-corrected chi connectivity index (χ1v) is 5.48. The summed E-state index contributed by atoms with van der Waals surface area (Å²) in [6.45, 7) is 3.38. The van der Waals surface area contributed by atoms with E-state index in [0.717, 1.165) is 24.9 Å². The third-order valence-corrected chi connectivity index (χ3v) is 2.91. The predicted octanol–water partition coefficient (Wildman–Crippen LogP) is 2.01. The molecule has 0 spiro atoms. The lowest BCUT2D eigenvalue weighted by atomic mass is 9.82. The topological polar surface area (TPSA) is 24.9 Å². The minimum atomic E-state index is 0.772. The van der Waals surface area contributed by atoms with Crippen LogP contribution in [0.2, 0.25) is 0 Å². The Kier molecular flexibility index (Phi) is 3.14. The zero-order valence-electron chi connectivity index (χ0n) is 8.74. The quantitative estimate of drug-likeness (QED) is 0.785. The molecule has 2 nitrogen and oxygen atoms in total. The van der Waals surface area contributed by atoms with E-state index in [1.165, 1.54) is 18.5 Å². The third kappa shape index (κ3) is 2.55. The van der Waals surface area contributed by atoms with Crippen LogP contribution in [0, 0.1) is 5.92 Å². The van der Waals surface area contributed by atoms with Gasteiger partial charge < -0.3 is 5.32 Å². The molecule has 0 bridgehead atoms. The maximum atomic E-state index is 4.29. The van der Waals surface area contributed by atoms with Gasteiger partial charge >= 0.3 is 0 Å². The van der Waals surface area contributed by atoms with Crippen molar-refractivity contribution in [2.75, 3.05) is 6.54 Å². The summed E-state index contributed by atoms with van der Waals surface area (Å²) in [5, 5.41) is 3.56. The van der Waals surface area contributed by atoms with E-state index in [4.69, 9.17) is 0 Å². The van der Waals surface area contributed by atoms with E-state index < -0.39 is 0 Å². The zero-order valence-corrected chi connectivity index (χ0v) is 8.74. The van der Waals surface area contributed by atoms with Crippen LogP contribution < -0.4 is 5.32 Å². The first kappa shape index (κ1) is 9.66. The molecule has 0 saturated heterocycles. The molecular formula is C12H18N2. The SMILES string of the molecule is CC1CC(NCCc2ccccn2)C1. The molecule has 14 heavy (non-hydrogen) atoms. The van der Waals surface area contributed by atoms with Gasteiger partial charge in [-0.05, 0) is 30.9 Å². The van der Waals surface area contributed by atoms with Gasteiger partial charge in [0.05, 0.1) is 0 Å². The summed E-state index contributed by atoms with van der Waals surface area (Å²) in [5.74, 6) is 0.933. The highest BCUT2D eigenvalue weighted by atomic mass is 14.9. The molecule has 1 aliphatic carbocycles. The molecule has 0 aromatic carbocycles. The van der Waals surface area contributed by atoms with Gasteiger partial charge in [0.15, 0.2) is 0 Å². The lowest BCUT2D eigenvalue weighted by Gasteiger charge is -2.33. The molecule has 76 valence electrons. The number of nitrogens with one attached hydrogen (secondary N) is 1. The molecule has 1 aromatic heterocycles. The van der Waals surface area contributed by atoms with Gasteiger partial charge in [0.2, 0.25) is 0 Å². The largest absolute Gasteiger partial charge is 0.314 e. The van der Waals surface area contributed by atoms with E-state index in [2.05, 4.69) is 23.3 Å². The van der Waals surface area contributed by atoms with Crippen LogP contribution in [0.4, 0.5) is 0 Å². The summed E-state index contributed by atoms with van der Waals surface area (Å²) < 4.78 is 0. The Morgan fingerprint density at radius 2 is 2.29 bits per heavy atom. The number of rotatable bonds is 4. The van der Waals surface area contributed by atoms with Crippen molar-refractivity contribution >= 4 is 0 Å². The van der Waals surface area contributed by atoms with Gasteiger partial charge in [-0.3, -0.25) is 4.98 Å². The fourth-order valence-electron chi connectivity index (χ4n) is 2.02. The van der Waals surface area contributed by atoms with Crippen LogP contribution in [0.1, 0.15) is 25.5 Å². The van der Waals surface area contributed by atoms with Crippen LogP contribution >= 0.6 is 0 Å². The van der Waals surface area contributed by atoms with Gasteiger partial charge in [-0.1, -0.05) is 13.0 Å². The molecule has 1 fully saturated rings. The first-order chi connectivity index (χ1) is 6.84. The van der Waals surface area contributed by atoms with Crippen LogP contribution in [0.15, 0.2) is 24.4 Å². The second-order valence-corrected chi connectivity index (χ2v) is 4.30. The lowest BCUT2D eigenvalue weighted by molar-refractivity contribution is 0.243. The van der Waals surface area contributed by atoms with Gasteiger partial charge in [-0.2, -0.15) is 0 Å². The van der Waals surface area contributed by atoms with Crippen molar-refractivity contribution in [1.82, 2.24) is 10.3 Å². The second kappa shape index (κ2) is 4.56. The zero-order chi connectivity index (χ0) is 9.80. The molecule has 0 amide bonds. The van der Waals surface area contributed by atoms with Crippen molar-refractivity contribution in [2.45, 2.75) is 32.2 Å². The Morgan fingerprint density at radius 3 is 2.93 bits per heavy atom. The highest BCUT2D eigenvalue weighted by Crippen LogP contribution is 2.25. The van der Waals surface area contributed by atoms with Gasteiger partial charge in [-0.15, -0.1) is 0 Å². The fraction of sp³-hybridized carbons (Fsp3) is 0.583. The van der Waals surface area contributed by atoms with Gasteiger partial charge in [-0.25, -0.2) is 0 Å². The number of hydrogen-bond donors (Lipinski definition) is 1. The van der Waals surface area contributed by atoms with Gasteiger partial charge in [0, 0.05) is 30.9 Å². The molecule has 1 heterocycles. The van der Waals surface area contributed by atoms with Crippen molar-refractivity contribution in [3.8, 4) is 0 Å². The fourth-order valence-corrected chi connectivity index (χ4v) is 2.02. The van der Waals surface area contributed by atoms with E-state index in [1.54, 1.807) is 0 Å². The highest BCUT2D eigenvalue weighted by molar-refractivity contribution is 5.03. The summed E-state index contributed by atoms with van der Waals surface area (Å²) in [6, 6.07) is 6.87. The maximum absolute atomic E-state index is 4.29. The number of pyridine rings is 1. The average Bonchev–Trinajstić information content (AvgIpc) is 2.17. The lowest BCUT2D eigenvalue weighted by Crippen LogP contribution is -2.40. The smallest absolute Gasteiger partial charge is 0.0416 e. The van der Waals surface area contributed by atoms with Crippen molar-refractivity contribution in [3.63, 3.8) is 0 Å². The maximum Gasteiger partial charge on any atom is 0.0416 e. The first-order valence-electron chi connectivity index (χ1n) is 5.48. The summed E-state index contributed by atoms with van der Waals surface area (Å²) in [6.07, 6.45) is 5.61. The Labute approximate surface area is 85.7 Å². The van der Waals surface area contributed by atoms with Crippen molar-refractivity contribution < 1.29 is 0 Å². The molecular weight excluding hydrogens is 172 g/mol. The number of aromatic nitrogens is 1. The monoisotopic (exact) mass is 190 g/mol. The molecule has 0 atom stereocenters. The molecule has 1 N–H and O–H groups in total. The van der Waals surface area contributed by atoms with Crippen LogP contribution in [-0.4, -0.2) is 17.6 Å². The second-order valence-electron chi connectivity index (χ2n) is 4.30. The van der Waals surface area contributed by atoms with Crippen LogP contribution in [0.5, 0.6) is 0 Å². The number of nitrogens with zero attached hydrogens (tertiary/aromatic N) is 1. The van der Waals surface area contributed by atoms with E-state index in [1.807, 2.05) is 18.3 Å². The molecule has 1 aromatic rings. The Balaban J connectivity index is 1.64. The molecule has 2 rings (SSSR count). The van der Waals surface area contributed by atoms with Crippen molar-refractivity contribution in [1.29, 1.82) is 0 Å². The van der Waals surface area contributed by atoms with Crippen LogP contribution in [0.25, 0.3) is 0 Å². The molecule has 0 radical (unpaired) electrons. The Morgan fingerprint density at radius 1 is 1.43 bits per heavy atom. The standard InChI is InChI=1S/C12H18N2/c1-10-8-12(9-10)14-7-5-11-4-2-3-6-13-11/h2-4,6,10,12,14H,5,7-9H2,1H3. The van der Waals surface area contributed by atoms with Crippen LogP contribution in [0.3, 0.4) is 0 Å². The van der Waals surface area contributed by atoms with Crippen molar-refractivity contribution in [2.24, 2.45) is 5.92 Å². The molecule has 2 heteroatoms. The minimum absolute atomic E-state index is 0.772. The predicted molar refractivity (Wildman–Crippen MR) is 58.1 cm³/mol. The number of hydrogen-bond acceptors (Lipinski definition) is 2. The van der Waals surface area contributed by atoms with E-state index in [9.17, 15) is 0 Å². The van der Waals surface area contributed by atoms with E-state index in [0.29, 0.717) is 0 Å². The van der Waals surface area contributed by atoms with Gasteiger partial charge in [0.25, 0.3) is 0 Å². The average molecular weight is 190 g/mol. The van der Waals surface area contributed by atoms with E-state index >= 15 is 0 Å². The van der Waals surface area contributed by atoms with Gasteiger partial charge in [0.1, 0.15) is 0 Å². The summed E-state index contributed by atoms with van der Waals surface area (Å²) in [5.41, 5.74) is 1.19. The Bertz CT molecular complexity index is 265. The van der Waals surface area contributed by atoms with Crippen molar-refractivity contribution in [3.05, 3.63) is 30.1 Å². The van der Waals surface area contributed by atoms with E-state index in [-0.39, 0.29) is 0 Å². The summed E-state index contributed by atoms with van der Waals surface area (Å²) >= 11 is 0. The molecule has 1 aliphatic rings. The highest BCUT2D eigenvalue weighted by Gasteiger charge is 2.23. The molecule has 1 saturated carbocycles. The van der Waals surface area contributed by atoms with Crippen LogP contribution in [-0.2, 0) is 6.42 Å². The molecule has 0 unspecified atom stereocenters. The Hall–Kier alpha value is -0.890. The minimum Gasteiger partial charge on any atom is -0.314 e. The summed E-state index contributed by atoms with van der Waals surface area (Å²) in [7, 11) is 0. The normalized spacial score (nSPS) is 25.8. The molecule has 0 aliphatic heterocycles.